The third-order valence-corrected chi connectivity index (χ3v) is 11.6. The maximum atomic E-state index is 2.53. The van der Waals surface area contributed by atoms with Gasteiger partial charge in [-0.25, -0.2) is 0 Å². The number of aryl methyl sites for hydroxylation is 3. The van der Waals surface area contributed by atoms with E-state index in [1.807, 2.05) is 0 Å². The number of benzene rings is 8. The molecule has 250 valence electrons. The largest absolute Gasteiger partial charge is 0.310 e. The van der Waals surface area contributed by atoms with Gasteiger partial charge in [0, 0.05) is 22.5 Å². The predicted octanol–water partition coefficient (Wildman–Crippen LogP) is 14.2. The molecule has 0 spiro atoms. The molecule has 8 aromatic rings. The normalized spacial score (nSPS) is 13.6. The van der Waals surface area contributed by atoms with Crippen LogP contribution in [0.3, 0.4) is 0 Å². The zero-order valence-corrected chi connectivity index (χ0v) is 31.1. The molecule has 8 aromatic carbocycles. The molecule has 0 bridgehead atoms. The van der Waals surface area contributed by atoms with Crippen LogP contribution in [-0.4, -0.2) is 0 Å². The van der Waals surface area contributed by atoms with Crippen molar-refractivity contribution in [3.63, 3.8) is 0 Å². The molecule has 0 aromatic heterocycles. The average Bonchev–Trinajstić information content (AvgIpc) is 3.10. The van der Waals surface area contributed by atoms with Crippen molar-refractivity contribution in [2.75, 3.05) is 4.90 Å². The Labute approximate surface area is 302 Å². The molecule has 0 atom stereocenters. The molecule has 51 heavy (non-hydrogen) atoms. The highest BCUT2D eigenvalue weighted by molar-refractivity contribution is 6.30. The van der Waals surface area contributed by atoms with Crippen LogP contribution in [0.25, 0.3) is 54.6 Å². The topological polar surface area (TPSA) is 3.24 Å². The Balaban J connectivity index is 1.41. The molecule has 1 heteroatoms. The molecule has 1 nitrogen and oxygen atoms in total. The van der Waals surface area contributed by atoms with Crippen molar-refractivity contribution in [3.8, 4) is 22.3 Å². The van der Waals surface area contributed by atoms with Gasteiger partial charge in [-0.05, 0) is 157 Å². The number of hydrogen-bond acceptors (Lipinski definition) is 1. The van der Waals surface area contributed by atoms with Crippen molar-refractivity contribution in [1.29, 1.82) is 0 Å². The smallest absolute Gasteiger partial charge is 0.0465 e. The van der Waals surface area contributed by atoms with Gasteiger partial charge in [0.15, 0.2) is 0 Å². The van der Waals surface area contributed by atoms with E-state index in [0.29, 0.717) is 0 Å². The van der Waals surface area contributed by atoms with Crippen LogP contribution in [0.4, 0.5) is 17.1 Å². The number of rotatable bonds is 4. The third kappa shape index (κ3) is 4.75. The number of para-hydroxylation sites is 2. The Morgan fingerprint density at radius 1 is 0.490 bits per heavy atom. The lowest BCUT2D eigenvalue weighted by molar-refractivity contribution is 0.591. The lowest BCUT2D eigenvalue weighted by atomic mass is 9.66. The van der Waals surface area contributed by atoms with Gasteiger partial charge >= 0.3 is 0 Å². The molecule has 9 rings (SSSR count). The summed E-state index contributed by atoms with van der Waals surface area (Å²) in [5.41, 5.74) is 16.8. The van der Waals surface area contributed by atoms with E-state index < -0.39 is 0 Å². The van der Waals surface area contributed by atoms with Crippen molar-refractivity contribution >= 4 is 49.4 Å². The fraction of sp³-hybridized carbons (Fsp3) is 0.200. The number of nitrogens with zero attached hydrogens (tertiary/aromatic N) is 1. The summed E-state index contributed by atoms with van der Waals surface area (Å²) in [6, 6.07) is 48.2. The molecule has 0 N–H and O–H groups in total. The summed E-state index contributed by atoms with van der Waals surface area (Å²) in [6.45, 7) is 18.6. The van der Waals surface area contributed by atoms with Gasteiger partial charge in [0.1, 0.15) is 0 Å². The Kier molecular flexibility index (Phi) is 6.84. The molecule has 0 unspecified atom stereocenters. The average molecular weight is 660 g/mol. The Hall–Kier alpha value is -5.40. The Morgan fingerprint density at radius 3 is 1.75 bits per heavy atom. The van der Waals surface area contributed by atoms with Crippen LogP contribution in [0.5, 0.6) is 0 Å². The first-order valence-electron chi connectivity index (χ1n) is 18.4. The van der Waals surface area contributed by atoms with Crippen LogP contribution >= 0.6 is 0 Å². The quantitative estimate of drug-likeness (QED) is 0.170. The minimum absolute atomic E-state index is 0.0451. The maximum absolute atomic E-state index is 2.53. The van der Waals surface area contributed by atoms with Crippen molar-refractivity contribution in [2.45, 2.75) is 66.2 Å². The Morgan fingerprint density at radius 2 is 1.12 bits per heavy atom. The van der Waals surface area contributed by atoms with Gasteiger partial charge in [-0.3, -0.25) is 0 Å². The van der Waals surface area contributed by atoms with E-state index in [9.17, 15) is 0 Å². The monoisotopic (exact) mass is 659 g/mol. The van der Waals surface area contributed by atoms with E-state index in [1.54, 1.807) is 0 Å². The molecule has 1 aliphatic carbocycles. The number of fused-ring (bicyclic) bond motifs is 2. The van der Waals surface area contributed by atoms with Crippen LogP contribution in [-0.2, 0) is 10.8 Å². The lowest BCUT2D eigenvalue weighted by Crippen LogP contribution is -2.25. The summed E-state index contributed by atoms with van der Waals surface area (Å²) in [7, 11) is 0. The lowest BCUT2D eigenvalue weighted by Gasteiger charge is -2.38. The van der Waals surface area contributed by atoms with E-state index in [4.69, 9.17) is 0 Å². The summed E-state index contributed by atoms with van der Waals surface area (Å²) < 4.78 is 0. The SMILES string of the molecule is Cc1cc(C)c(-c2cc3c4c(cc5cc(C(C)(C)C)cc6ccc2c4c65)C(C)(C)c2cc(N(c4ccccc4)c4ccccc4)ccc2-3)c(C)c1. The first-order valence-corrected chi connectivity index (χ1v) is 18.4. The fourth-order valence-electron chi connectivity index (χ4n) is 9.15. The minimum Gasteiger partial charge on any atom is -0.310 e. The maximum Gasteiger partial charge on any atom is 0.0465 e. The predicted molar refractivity (Wildman–Crippen MR) is 221 cm³/mol. The van der Waals surface area contributed by atoms with Crippen LogP contribution in [0, 0.1) is 20.8 Å². The third-order valence-electron chi connectivity index (χ3n) is 11.6. The molecule has 0 aliphatic heterocycles. The van der Waals surface area contributed by atoms with Crippen molar-refractivity contribution in [1.82, 2.24) is 0 Å². The second-order valence-electron chi connectivity index (χ2n) is 16.4. The van der Waals surface area contributed by atoms with Gasteiger partial charge in [0.05, 0.1) is 0 Å². The van der Waals surface area contributed by atoms with E-state index in [1.165, 1.54) is 93.6 Å². The zero-order valence-electron chi connectivity index (χ0n) is 31.1. The molecule has 1 aliphatic rings. The van der Waals surface area contributed by atoms with Crippen LogP contribution in [0.2, 0.25) is 0 Å². The molecule has 0 fully saturated rings. The standard InChI is InChI=1S/C50H45N/c1-30-23-31(2)45(32(3)24-30)42-29-41-39-22-20-38(51(36-15-11-9-12-16-36)37-17-13-10-14-18-37)28-43(39)50(7,8)44-27-34-26-35(49(4,5)6)25-33-19-21-40(42)48(46(33)34)47(41)44/h9-29H,1-8H3. The van der Waals surface area contributed by atoms with Gasteiger partial charge in [0.25, 0.3) is 0 Å². The highest BCUT2D eigenvalue weighted by atomic mass is 15.1. The molecular formula is C50H45N. The second kappa shape index (κ2) is 11.0. The summed E-state index contributed by atoms with van der Waals surface area (Å²) >= 11 is 0. The van der Waals surface area contributed by atoms with Crippen molar-refractivity contribution in [2.24, 2.45) is 0 Å². The minimum atomic E-state index is -0.237. The molecule has 0 amide bonds. The summed E-state index contributed by atoms with van der Waals surface area (Å²) in [6.07, 6.45) is 0. The van der Waals surface area contributed by atoms with Gasteiger partial charge < -0.3 is 4.90 Å². The fourth-order valence-corrected chi connectivity index (χ4v) is 9.15. The van der Waals surface area contributed by atoms with Gasteiger partial charge in [-0.2, -0.15) is 0 Å². The Bertz CT molecular complexity index is 2590. The summed E-state index contributed by atoms with van der Waals surface area (Å²) in [5.74, 6) is 0. The van der Waals surface area contributed by atoms with Gasteiger partial charge in [0.2, 0.25) is 0 Å². The number of hydrogen-bond donors (Lipinski definition) is 0. The van der Waals surface area contributed by atoms with Crippen molar-refractivity contribution < 1.29 is 0 Å². The van der Waals surface area contributed by atoms with Crippen LogP contribution < -0.4 is 4.90 Å². The van der Waals surface area contributed by atoms with E-state index in [2.05, 4.69) is 188 Å². The van der Waals surface area contributed by atoms with Crippen molar-refractivity contribution in [3.05, 3.63) is 161 Å². The summed E-state index contributed by atoms with van der Waals surface area (Å²) in [5, 5.41) is 8.23. The molecule has 0 saturated heterocycles. The van der Waals surface area contributed by atoms with E-state index >= 15 is 0 Å². The molecule has 0 saturated carbocycles. The highest BCUT2D eigenvalue weighted by Gasteiger charge is 2.36. The first-order chi connectivity index (χ1) is 24.4. The van der Waals surface area contributed by atoms with Crippen LogP contribution in [0.15, 0.2) is 127 Å². The van der Waals surface area contributed by atoms with Crippen LogP contribution in [0.1, 0.15) is 68.0 Å². The highest BCUT2D eigenvalue weighted by Crippen LogP contribution is 2.55. The molecule has 0 radical (unpaired) electrons. The summed E-state index contributed by atoms with van der Waals surface area (Å²) in [4.78, 5) is 2.39. The zero-order chi connectivity index (χ0) is 35.4. The first kappa shape index (κ1) is 31.6. The van der Waals surface area contributed by atoms with E-state index in [0.717, 1.165) is 11.4 Å². The van der Waals surface area contributed by atoms with E-state index in [-0.39, 0.29) is 10.8 Å². The van der Waals surface area contributed by atoms with Gasteiger partial charge in [-0.15, -0.1) is 0 Å². The van der Waals surface area contributed by atoms with Gasteiger partial charge in [-0.1, -0.05) is 119 Å². The molecule has 0 heterocycles. The second-order valence-corrected chi connectivity index (χ2v) is 16.4. The molecular weight excluding hydrogens is 615 g/mol. The number of anilines is 3.